The van der Waals surface area contributed by atoms with E-state index < -0.39 is 0 Å². The Morgan fingerprint density at radius 1 is 0.789 bits per heavy atom. The molecule has 116 valence electrons. The SMILES string of the molecule is C=C(CCCCC)CC(CCCC)CCCC.CC. The van der Waals surface area contributed by atoms with Gasteiger partial charge in [-0.2, -0.15) is 0 Å². The van der Waals surface area contributed by atoms with Crippen LogP contribution in [0, 0.1) is 5.92 Å². The van der Waals surface area contributed by atoms with Crippen molar-refractivity contribution in [2.24, 2.45) is 5.92 Å². The number of allylic oxidation sites excluding steroid dienone is 1. The molecule has 0 heterocycles. The largest absolute Gasteiger partial charge is 0.0999 e. The van der Waals surface area contributed by atoms with Crippen LogP contribution in [0.5, 0.6) is 0 Å². The van der Waals surface area contributed by atoms with E-state index in [1.54, 1.807) is 0 Å². The lowest BCUT2D eigenvalue weighted by atomic mass is 9.88. The highest BCUT2D eigenvalue weighted by Crippen LogP contribution is 2.25. The average Bonchev–Trinajstić information content (AvgIpc) is 2.44. The second kappa shape index (κ2) is 17.7. The lowest BCUT2D eigenvalue weighted by Gasteiger charge is -2.17. The zero-order valence-electron chi connectivity index (χ0n) is 14.6. The highest BCUT2D eigenvalue weighted by atomic mass is 14.1. The van der Waals surface area contributed by atoms with Crippen LogP contribution in [0.3, 0.4) is 0 Å². The summed E-state index contributed by atoms with van der Waals surface area (Å²) in [5, 5.41) is 0. The molecule has 0 spiro atoms. The van der Waals surface area contributed by atoms with E-state index in [-0.39, 0.29) is 0 Å². The Kier molecular flexibility index (Phi) is 19.7. The average molecular weight is 269 g/mol. The lowest BCUT2D eigenvalue weighted by Crippen LogP contribution is -2.02. The zero-order chi connectivity index (χ0) is 14.9. The van der Waals surface area contributed by atoms with Crippen molar-refractivity contribution in [2.45, 2.75) is 105 Å². The van der Waals surface area contributed by atoms with Crippen molar-refractivity contribution in [1.82, 2.24) is 0 Å². The Labute approximate surface area is 124 Å². The Balaban J connectivity index is 0. The van der Waals surface area contributed by atoms with Gasteiger partial charge in [-0.25, -0.2) is 0 Å². The Bertz CT molecular complexity index is 161. The summed E-state index contributed by atoms with van der Waals surface area (Å²) < 4.78 is 0. The van der Waals surface area contributed by atoms with Gasteiger partial charge in [0.05, 0.1) is 0 Å². The van der Waals surface area contributed by atoms with Gasteiger partial charge in [-0.05, 0) is 25.2 Å². The normalized spacial score (nSPS) is 10.2. The lowest BCUT2D eigenvalue weighted by molar-refractivity contribution is 0.411. The molecule has 0 N–H and O–H groups in total. The van der Waals surface area contributed by atoms with Gasteiger partial charge in [-0.1, -0.05) is 98.1 Å². The number of hydrogen-bond donors (Lipinski definition) is 0. The fourth-order valence-electron chi connectivity index (χ4n) is 2.47. The van der Waals surface area contributed by atoms with Crippen LogP contribution in [0.15, 0.2) is 12.2 Å². The van der Waals surface area contributed by atoms with Crippen LogP contribution < -0.4 is 0 Å². The van der Waals surface area contributed by atoms with Crippen molar-refractivity contribution in [1.29, 1.82) is 0 Å². The predicted molar refractivity (Wildman–Crippen MR) is 91.8 cm³/mol. The van der Waals surface area contributed by atoms with Gasteiger partial charge in [0.1, 0.15) is 0 Å². The van der Waals surface area contributed by atoms with Crippen molar-refractivity contribution >= 4 is 0 Å². The molecule has 0 aliphatic carbocycles. The first kappa shape index (κ1) is 21.0. The van der Waals surface area contributed by atoms with E-state index in [0.29, 0.717) is 0 Å². The van der Waals surface area contributed by atoms with Gasteiger partial charge in [0.2, 0.25) is 0 Å². The van der Waals surface area contributed by atoms with E-state index in [4.69, 9.17) is 0 Å². The van der Waals surface area contributed by atoms with Crippen LogP contribution in [0.4, 0.5) is 0 Å². The van der Waals surface area contributed by atoms with Gasteiger partial charge in [0.15, 0.2) is 0 Å². The van der Waals surface area contributed by atoms with Crippen LogP contribution in [-0.2, 0) is 0 Å². The topological polar surface area (TPSA) is 0 Å². The number of hydrogen-bond acceptors (Lipinski definition) is 0. The minimum absolute atomic E-state index is 0.920. The molecule has 0 aliphatic rings. The monoisotopic (exact) mass is 268 g/mol. The van der Waals surface area contributed by atoms with Crippen molar-refractivity contribution in [2.75, 3.05) is 0 Å². The smallest absolute Gasteiger partial charge is 0.0294 e. The molecule has 0 amide bonds. The van der Waals surface area contributed by atoms with Crippen molar-refractivity contribution in [3.05, 3.63) is 12.2 Å². The van der Waals surface area contributed by atoms with E-state index >= 15 is 0 Å². The third kappa shape index (κ3) is 15.7. The van der Waals surface area contributed by atoms with Gasteiger partial charge in [-0.15, -0.1) is 0 Å². The minimum atomic E-state index is 0.920. The molecule has 0 aromatic heterocycles. The maximum atomic E-state index is 4.28. The Hall–Kier alpha value is -0.260. The summed E-state index contributed by atoms with van der Waals surface area (Å²) in [5.41, 5.74) is 1.51. The van der Waals surface area contributed by atoms with E-state index in [1.165, 1.54) is 76.2 Å². The maximum Gasteiger partial charge on any atom is -0.0294 e. The molecule has 0 fully saturated rings. The Morgan fingerprint density at radius 3 is 1.68 bits per heavy atom. The summed E-state index contributed by atoms with van der Waals surface area (Å²) in [6.07, 6.45) is 14.9. The summed E-state index contributed by atoms with van der Waals surface area (Å²) in [7, 11) is 0. The molecule has 0 radical (unpaired) electrons. The van der Waals surface area contributed by atoms with Crippen LogP contribution in [-0.4, -0.2) is 0 Å². The molecule has 0 saturated carbocycles. The van der Waals surface area contributed by atoms with Crippen LogP contribution in [0.1, 0.15) is 105 Å². The molecule has 0 aromatic carbocycles. The van der Waals surface area contributed by atoms with Gasteiger partial charge in [0.25, 0.3) is 0 Å². The molecule has 0 heteroatoms. The van der Waals surface area contributed by atoms with Crippen molar-refractivity contribution < 1.29 is 0 Å². The molecular formula is C19H40. The van der Waals surface area contributed by atoms with Crippen LogP contribution in [0.2, 0.25) is 0 Å². The maximum absolute atomic E-state index is 4.28. The highest BCUT2D eigenvalue weighted by Gasteiger charge is 2.09. The Morgan fingerprint density at radius 2 is 1.26 bits per heavy atom. The molecule has 0 atom stereocenters. The van der Waals surface area contributed by atoms with Gasteiger partial charge >= 0.3 is 0 Å². The summed E-state index contributed by atoms with van der Waals surface area (Å²) in [4.78, 5) is 0. The molecule has 0 unspecified atom stereocenters. The third-order valence-corrected chi connectivity index (χ3v) is 3.64. The molecule has 0 saturated heterocycles. The molecule has 0 nitrogen and oxygen atoms in total. The summed E-state index contributed by atoms with van der Waals surface area (Å²) in [6.45, 7) is 15.2. The van der Waals surface area contributed by atoms with Gasteiger partial charge in [-0.3, -0.25) is 0 Å². The quantitative estimate of drug-likeness (QED) is 0.253. The fraction of sp³-hybridized carbons (Fsp3) is 0.895. The second-order valence-corrected chi connectivity index (χ2v) is 5.56. The van der Waals surface area contributed by atoms with E-state index in [0.717, 1.165) is 5.92 Å². The van der Waals surface area contributed by atoms with Gasteiger partial charge in [0, 0.05) is 0 Å². The summed E-state index contributed by atoms with van der Waals surface area (Å²) in [6, 6.07) is 0. The first-order valence-electron chi connectivity index (χ1n) is 8.91. The zero-order valence-corrected chi connectivity index (χ0v) is 14.6. The summed E-state index contributed by atoms with van der Waals surface area (Å²) in [5.74, 6) is 0.920. The predicted octanol–water partition coefficient (Wildman–Crippen LogP) is 7.54. The standard InChI is InChI=1S/C17H34.C2H6/c1-5-8-11-12-16(4)15-17(13-9-6-2)14-10-7-3;1-2/h17H,4-15H2,1-3H3;1-2H3. The first-order chi connectivity index (χ1) is 9.24. The molecule has 0 aliphatic heterocycles. The van der Waals surface area contributed by atoms with Crippen molar-refractivity contribution in [3.8, 4) is 0 Å². The number of rotatable bonds is 12. The number of unbranched alkanes of at least 4 members (excludes halogenated alkanes) is 4. The molecule has 0 aromatic rings. The van der Waals surface area contributed by atoms with Crippen molar-refractivity contribution in [3.63, 3.8) is 0 Å². The van der Waals surface area contributed by atoms with Crippen LogP contribution >= 0.6 is 0 Å². The highest BCUT2D eigenvalue weighted by molar-refractivity contribution is 4.95. The molecular weight excluding hydrogens is 228 g/mol. The second-order valence-electron chi connectivity index (χ2n) is 5.56. The van der Waals surface area contributed by atoms with E-state index in [9.17, 15) is 0 Å². The fourth-order valence-corrected chi connectivity index (χ4v) is 2.47. The molecule has 0 bridgehead atoms. The third-order valence-electron chi connectivity index (χ3n) is 3.64. The van der Waals surface area contributed by atoms with Crippen LogP contribution in [0.25, 0.3) is 0 Å². The summed E-state index contributed by atoms with van der Waals surface area (Å²) >= 11 is 0. The van der Waals surface area contributed by atoms with E-state index in [2.05, 4.69) is 27.4 Å². The van der Waals surface area contributed by atoms with E-state index in [1.807, 2.05) is 13.8 Å². The minimum Gasteiger partial charge on any atom is -0.0999 e. The molecule has 0 rings (SSSR count). The molecule has 19 heavy (non-hydrogen) atoms. The van der Waals surface area contributed by atoms with Gasteiger partial charge < -0.3 is 0 Å². The first-order valence-corrected chi connectivity index (χ1v) is 8.91.